The van der Waals surface area contributed by atoms with Crippen LogP contribution in [-0.2, 0) is 32.5 Å². The molecule has 2 aromatic rings. The van der Waals surface area contributed by atoms with Crippen LogP contribution in [0.15, 0.2) is 42.6 Å². The van der Waals surface area contributed by atoms with Crippen LogP contribution in [0.3, 0.4) is 0 Å². The van der Waals surface area contributed by atoms with E-state index in [1.54, 1.807) is 0 Å². The van der Waals surface area contributed by atoms with Crippen LogP contribution in [-0.4, -0.2) is 42.0 Å². The standard InChI is InChI=1S/2C22H40N2.C20H38NO.C2H6O4S/c2*1-3-5-6-7-8-9-10-11-12-13-14-15-16-17-18-19-22-23-20-21-24(22)4-2;1-3-5-6-7-8-9-10-11-12-13-14-15-16-17-18-20(19-22)21-4-2;1-2-6-7(3,4)5/h2*18-21H,3-17H2,1-2H3;3-18H2,1-2H3;2H2,1H3,(H,3,4,5)/q;;-1;/p+1. The fourth-order valence-electron chi connectivity index (χ4n) is 9.53. The van der Waals surface area contributed by atoms with Crippen LogP contribution in [0.5, 0.6) is 0 Å². The Morgan fingerprint density at radius 2 is 0.766 bits per heavy atom. The van der Waals surface area contributed by atoms with Crippen molar-refractivity contribution in [2.24, 2.45) is 0 Å². The molecule has 2 heterocycles. The van der Waals surface area contributed by atoms with Crippen molar-refractivity contribution in [2.45, 2.75) is 338 Å². The number of allylic oxidation sites excluding steroid dienone is 3. The third-order valence-electron chi connectivity index (χ3n) is 14.3. The first-order chi connectivity index (χ1) is 37.7. The summed E-state index contributed by atoms with van der Waals surface area (Å²) in [5.74, 6) is 4.38. The number of hydrogen-bond donors (Lipinski definition) is 2. The molecule has 0 aliphatic carbocycles. The average Bonchev–Trinajstić information content (AvgIpc) is 4.10. The second-order valence-corrected chi connectivity index (χ2v) is 22.4. The predicted molar refractivity (Wildman–Crippen MR) is 331 cm³/mol. The van der Waals surface area contributed by atoms with E-state index in [1.165, 1.54) is 282 Å². The Morgan fingerprint density at radius 3 is 1.00 bits per heavy atom. The van der Waals surface area contributed by atoms with E-state index >= 15 is 0 Å². The number of hydrogen-bond acceptors (Lipinski definition) is 5. The van der Waals surface area contributed by atoms with Crippen LogP contribution >= 0.6 is 0 Å². The highest BCUT2D eigenvalue weighted by Crippen LogP contribution is 2.17. The van der Waals surface area contributed by atoms with E-state index in [2.05, 4.69) is 99.9 Å². The number of carbonyl (C=O) groups excluding carboxylic acids is 1. The molecule has 0 radical (unpaired) electrons. The zero-order valence-corrected chi connectivity index (χ0v) is 52.5. The number of imidazole rings is 2. The van der Waals surface area contributed by atoms with Gasteiger partial charge in [0, 0.05) is 12.2 Å². The summed E-state index contributed by atoms with van der Waals surface area (Å²) >= 11 is 0. The zero-order chi connectivity index (χ0) is 56.8. The highest BCUT2D eigenvalue weighted by Gasteiger charge is 2.04. The second-order valence-electron chi connectivity index (χ2n) is 21.3. The second kappa shape index (κ2) is 62.2. The summed E-state index contributed by atoms with van der Waals surface area (Å²) in [4.78, 5) is 17.2. The Kier molecular flexibility index (Phi) is 61.5. The van der Waals surface area contributed by atoms with Crippen molar-refractivity contribution < 1.29 is 31.1 Å². The van der Waals surface area contributed by atoms with Gasteiger partial charge in [-0.25, -0.2) is 32.3 Å². The lowest BCUT2D eigenvalue weighted by Gasteiger charge is -2.18. The van der Waals surface area contributed by atoms with Crippen LogP contribution in [0, 0.1) is 0 Å². The highest BCUT2D eigenvalue weighted by atomic mass is 32.3. The van der Waals surface area contributed by atoms with Gasteiger partial charge in [0.05, 0.1) is 19.7 Å². The van der Waals surface area contributed by atoms with Gasteiger partial charge < -0.3 is 9.87 Å². The van der Waals surface area contributed by atoms with Crippen molar-refractivity contribution in [3.8, 4) is 0 Å². The normalized spacial score (nSPS) is 11.3. The molecule has 0 unspecified atom stereocenters. The molecule has 450 valence electrons. The fraction of sp³-hybridized carbons (Fsp3) is 0.818. The molecule has 0 spiro atoms. The summed E-state index contributed by atoms with van der Waals surface area (Å²) in [7, 11) is -4.42. The molecule has 0 aliphatic heterocycles. The largest absolute Gasteiger partial charge is 0.726 e. The number of aryl methyl sites for hydroxylation is 2. The molecule has 0 bridgehead atoms. The van der Waals surface area contributed by atoms with Gasteiger partial charge in [-0.05, 0) is 52.9 Å². The molecule has 10 nitrogen and oxygen atoms in total. The van der Waals surface area contributed by atoms with Gasteiger partial charge in [0.15, 0.2) is 0 Å². The van der Waals surface area contributed by atoms with Gasteiger partial charge in [0.1, 0.15) is 30.7 Å². The van der Waals surface area contributed by atoms with Gasteiger partial charge in [-0.1, -0.05) is 290 Å². The number of rotatable bonds is 51. The molecule has 0 fully saturated rings. The average molecular weight is 1100 g/mol. The molecule has 11 heteroatoms. The van der Waals surface area contributed by atoms with E-state index in [4.69, 9.17) is 0 Å². The lowest BCUT2D eigenvalue weighted by atomic mass is 10.0. The van der Waals surface area contributed by atoms with Crippen molar-refractivity contribution >= 4 is 28.5 Å². The number of nitrogens with one attached hydrogen (secondary N) is 2. The quantitative estimate of drug-likeness (QED) is 0.0223. The molecule has 2 rings (SSSR count). The molecule has 0 atom stereocenters. The third-order valence-corrected chi connectivity index (χ3v) is 14.8. The zero-order valence-electron chi connectivity index (χ0n) is 51.6. The van der Waals surface area contributed by atoms with Crippen molar-refractivity contribution in [2.75, 3.05) is 13.2 Å². The monoisotopic (exact) mass is 1100 g/mol. The fourth-order valence-corrected chi connectivity index (χ4v) is 9.81. The van der Waals surface area contributed by atoms with Crippen LogP contribution in [0.4, 0.5) is 0 Å². The summed E-state index contributed by atoms with van der Waals surface area (Å²) < 4.78 is 36.5. The summed E-state index contributed by atoms with van der Waals surface area (Å²) in [6.45, 7) is 17.3. The lowest BCUT2D eigenvalue weighted by Crippen LogP contribution is -2.32. The van der Waals surface area contributed by atoms with Gasteiger partial charge in [-0.3, -0.25) is 4.18 Å². The summed E-state index contributed by atoms with van der Waals surface area (Å²) in [5.41, 5.74) is 0.626. The minimum atomic E-state index is -4.42. The highest BCUT2D eigenvalue weighted by molar-refractivity contribution is 7.80. The predicted octanol–water partition coefficient (Wildman–Crippen LogP) is 20.1. The molecule has 0 aromatic carbocycles. The first-order valence-electron chi connectivity index (χ1n) is 32.7. The topological polar surface area (TPSA) is 137 Å². The van der Waals surface area contributed by atoms with Gasteiger partial charge in [-0.2, -0.15) is 0 Å². The molecule has 0 amide bonds. The van der Waals surface area contributed by atoms with E-state index < -0.39 is 10.4 Å². The summed E-state index contributed by atoms with van der Waals surface area (Å²) in [6.07, 6.45) is 76.8. The summed E-state index contributed by atoms with van der Waals surface area (Å²) in [5, 5.41) is 4.13. The number of H-pyrrole nitrogens is 2. The Balaban J connectivity index is 0. The first-order valence-corrected chi connectivity index (χ1v) is 34.0. The molecule has 2 aromatic heterocycles. The molecular weight excluding hydrogens is 975 g/mol. The van der Waals surface area contributed by atoms with Gasteiger partial charge in [0.2, 0.25) is 10.4 Å². The number of unbranched alkanes of at least 4 members (excludes halogenated alkanes) is 39. The Hall–Kier alpha value is -2.98. The molecular formula is C66H125N5O5S. The Morgan fingerprint density at radius 1 is 0.481 bits per heavy atom. The van der Waals surface area contributed by atoms with Crippen molar-refractivity contribution in [1.82, 2.24) is 9.97 Å². The maximum absolute atomic E-state index is 10.6. The van der Waals surface area contributed by atoms with Crippen LogP contribution in [0.1, 0.15) is 336 Å². The van der Waals surface area contributed by atoms with E-state index in [0.717, 1.165) is 25.9 Å². The van der Waals surface area contributed by atoms with Gasteiger partial charge in [0.25, 0.3) is 11.6 Å². The van der Waals surface area contributed by atoms with Crippen LogP contribution in [0.25, 0.3) is 17.5 Å². The summed E-state index contributed by atoms with van der Waals surface area (Å²) in [6, 6.07) is 0. The van der Waals surface area contributed by atoms with E-state index in [9.17, 15) is 17.8 Å². The minimum Gasteiger partial charge on any atom is -0.726 e. The van der Waals surface area contributed by atoms with Gasteiger partial charge in [-0.15, -0.1) is 6.54 Å². The van der Waals surface area contributed by atoms with Crippen molar-refractivity contribution in [3.05, 3.63) is 59.6 Å². The third kappa shape index (κ3) is 57.5. The van der Waals surface area contributed by atoms with Crippen LogP contribution in [0.2, 0.25) is 0 Å². The van der Waals surface area contributed by atoms with Crippen molar-refractivity contribution in [3.63, 3.8) is 0 Å². The van der Waals surface area contributed by atoms with E-state index in [1.807, 2.05) is 25.3 Å². The molecule has 0 aliphatic rings. The molecule has 77 heavy (non-hydrogen) atoms. The van der Waals surface area contributed by atoms with E-state index in [0.29, 0.717) is 12.2 Å². The lowest BCUT2D eigenvalue weighted by molar-refractivity contribution is -0.694. The minimum absolute atomic E-state index is 0.0914. The SMILES string of the molecule is CCCCCCCCCCCCCCCC=Cc1[nH]cc[n+]1CC.CCCCCCCCCCCCCCCC=Cc1[nH]cc[n+]1CC.CCCCCCCCCCCCCCCCC(=C=O)[N-]CC.CCOS(=O)(=O)[O-]. The molecule has 0 saturated carbocycles. The Bertz CT molecular complexity index is 1620. The molecule has 2 N–H and O–H groups in total. The maximum Gasteiger partial charge on any atom is 0.278 e. The molecule has 0 saturated heterocycles. The van der Waals surface area contributed by atoms with Crippen molar-refractivity contribution in [1.29, 1.82) is 0 Å². The number of aromatic nitrogens is 4. The first kappa shape index (κ1) is 76.1. The van der Waals surface area contributed by atoms with Crippen LogP contribution < -0.4 is 9.13 Å². The maximum atomic E-state index is 10.6. The van der Waals surface area contributed by atoms with E-state index in [-0.39, 0.29) is 6.61 Å². The number of nitrogens with zero attached hydrogens (tertiary/aromatic N) is 3. The Labute approximate surface area is 477 Å². The van der Waals surface area contributed by atoms with Gasteiger partial charge >= 0.3 is 0 Å². The number of aromatic amines is 2. The smallest absolute Gasteiger partial charge is 0.278 e.